The number of aliphatic hydroxyl groups is 1. The first kappa shape index (κ1) is 18.8. The van der Waals surface area contributed by atoms with E-state index in [0.717, 1.165) is 22.4 Å². The normalized spacial score (nSPS) is 20.2. The maximum Gasteiger partial charge on any atom is 0.309 e. The van der Waals surface area contributed by atoms with E-state index in [1.807, 2.05) is 30.3 Å². The van der Waals surface area contributed by atoms with Crippen LogP contribution in [-0.4, -0.2) is 30.4 Å². The smallest absolute Gasteiger partial charge is 0.309 e. The Morgan fingerprint density at radius 2 is 1.96 bits per heavy atom. The van der Waals surface area contributed by atoms with E-state index in [4.69, 9.17) is 32.7 Å². The van der Waals surface area contributed by atoms with Crippen molar-refractivity contribution in [1.29, 1.82) is 0 Å². The number of hydrogen-bond acceptors (Lipinski definition) is 4. The van der Waals surface area contributed by atoms with E-state index in [1.54, 1.807) is 25.3 Å². The van der Waals surface area contributed by atoms with Gasteiger partial charge in [0.05, 0.1) is 19.6 Å². The van der Waals surface area contributed by atoms with Crippen LogP contribution in [0.2, 0.25) is 10.0 Å². The first-order chi connectivity index (χ1) is 12.5. The second-order valence-electron chi connectivity index (χ2n) is 6.06. The van der Waals surface area contributed by atoms with Crippen LogP contribution in [0.5, 0.6) is 5.75 Å². The first-order valence-corrected chi connectivity index (χ1v) is 8.91. The minimum atomic E-state index is -0.687. The number of benzene rings is 2. The molecule has 2 atom stereocenters. The molecule has 1 heterocycles. The Morgan fingerprint density at radius 3 is 2.62 bits per heavy atom. The molecular formula is C20H18Cl2O4. The van der Waals surface area contributed by atoms with Gasteiger partial charge in [-0.1, -0.05) is 41.4 Å². The number of ether oxygens (including phenoxy) is 2. The fourth-order valence-electron chi connectivity index (χ4n) is 2.89. The minimum absolute atomic E-state index is 0.0309. The molecule has 0 unspecified atom stereocenters. The number of carbonyl (C=O) groups is 1. The van der Waals surface area contributed by atoms with Crippen molar-refractivity contribution in [3.8, 4) is 16.9 Å². The van der Waals surface area contributed by atoms with Gasteiger partial charge in [-0.25, -0.2) is 0 Å². The molecule has 0 saturated carbocycles. The molecule has 0 radical (unpaired) electrons. The molecule has 0 bridgehead atoms. The molecule has 1 aliphatic heterocycles. The number of esters is 1. The predicted molar refractivity (Wildman–Crippen MR) is 103 cm³/mol. The number of hydrogen-bond donors (Lipinski definition) is 1. The second kappa shape index (κ2) is 8.12. The number of methoxy groups -OCH3 is 1. The summed E-state index contributed by atoms with van der Waals surface area (Å²) in [4.78, 5) is 11.5. The van der Waals surface area contributed by atoms with E-state index >= 15 is 0 Å². The highest BCUT2D eigenvalue weighted by Crippen LogP contribution is 2.35. The van der Waals surface area contributed by atoms with E-state index in [2.05, 4.69) is 0 Å². The molecule has 1 saturated heterocycles. The lowest BCUT2D eigenvalue weighted by Crippen LogP contribution is -2.31. The molecule has 3 rings (SSSR count). The van der Waals surface area contributed by atoms with Crippen LogP contribution in [0.4, 0.5) is 0 Å². The number of cyclic esters (lactones) is 1. The standard InChI is InChI=1S/C20H18Cl2O4/c1-25-15-4-2-12(3-5-15)18-8-13(21)9-19(22)17(18)7-6-16-10-14(23)11-20(24)26-16/h2-9,14,16,23H,10-11H2,1H3/b7-6+/t14-,16-/m1/s1. The highest BCUT2D eigenvalue weighted by molar-refractivity contribution is 6.36. The minimum Gasteiger partial charge on any atom is -0.497 e. The molecule has 2 aromatic rings. The third-order valence-corrected chi connectivity index (χ3v) is 4.69. The molecule has 6 heteroatoms. The molecule has 136 valence electrons. The van der Waals surface area contributed by atoms with Crippen molar-refractivity contribution in [2.45, 2.75) is 25.0 Å². The van der Waals surface area contributed by atoms with Crippen LogP contribution in [0.25, 0.3) is 17.2 Å². The number of halogens is 2. The van der Waals surface area contributed by atoms with Gasteiger partial charge in [-0.2, -0.15) is 0 Å². The van der Waals surface area contributed by atoms with Crippen molar-refractivity contribution < 1.29 is 19.4 Å². The first-order valence-electron chi connectivity index (χ1n) is 8.15. The predicted octanol–water partition coefficient (Wildman–Crippen LogP) is 4.75. The van der Waals surface area contributed by atoms with Gasteiger partial charge >= 0.3 is 5.97 Å². The van der Waals surface area contributed by atoms with Gasteiger partial charge in [0, 0.05) is 22.0 Å². The molecule has 4 nitrogen and oxygen atoms in total. The van der Waals surface area contributed by atoms with E-state index in [-0.39, 0.29) is 6.42 Å². The Labute approximate surface area is 162 Å². The SMILES string of the molecule is COc1ccc(-c2cc(Cl)cc(Cl)c2/C=C/[C@@H]2C[C@@H](O)CC(=O)O2)cc1. The Balaban J connectivity index is 1.95. The second-order valence-corrected chi connectivity index (χ2v) is 6.90. The monoisotopic (exact) mass is 392 g/mol. The van der Waals surface area contributed by atoms with Crippen LogP contribution in [0.15, 0.2) is 42.5 Å². The van der Waals surface area contributed by atoms with E-state index in [0.29, 0.717) is 16.5 Å². The van der Waals surface area contributed by atoms with Gasteiger partial charge in [-0.15, -0.1) is 0 Å². The summed E-state index contributed by atoms with van der Waals surface area (Å²) in [5, 5.41) is 10.7. The van der Waals surface area contributed by atoms with Crippen LogP contribution in [0.3, 0.4) is 0 Å². The van der Waals surface area contributed by atoms with E-state index in [9.17, 15) is 9.90 Å². The lowest BCUT2D eigenvalue weighted by molar-refractivity contribution is -0.156. The summed E-state index contributed by atoms with van der Waals surface area (Å²) in [5.41, 5.74) is 2.54. The maximum atomic E-state index is 11.5. The average molecular weight is 393 g/mol. The summed E-state index contributed by atoms with van der Waals surface area (Å²) >= 11 is 12.6. The van der Waals surface area contributed by atoms with Crippen LogP contribution in [0, 0.1) is 0 Å². The third-order valence-electron chi connectivity index (χ3n) is 4.16. The lowest BCUT2D eigenvalue weighted by Gasteiger charge is -2.23. The lowest BCUT2D eigenvalue weighted by atomic mass is 9.98. The van der Waals surface area contributed by atoms with Crippen LogP contribution >= 0.6 is 23.2 Å². The van der Waals surface area contributed by atoms with Crippen molar-refractivity contribution in [2.75, 3.05) is 7.11 Å². The number of rotatable bonds is 4. The Hall–Kier alpha value is -2.01. The summed E-state index contributed by atoms with van der Waals surface area (Å²) in [6.07, 6.45) is 2.76. The van der Waals surface area contributed by atoms with Gasteiger partial charge in [0.2, 0.25) is 0 Å². The van der Waals surface area contributed by atoms with E-state index < -0.39 is 18.2 Å². The molecular weight excluding hydrogens is 375 g/mol. The molecule has 1 N–H and O–H groups in total. The van der Waals surface area contributed by atoms with Gasteiger partial charge in [0.25, 0.3) is 0 Å². The van der Waals surface area contributed by atoms with Crippen LogP contribution < -0.4 is 4.74 Å². The Kier molecular flexibility index (Phi) is 5.87. The molecule has 0 spiro atoms. The van der Waals surface area contributed by atoms with Crippen molar-refractivity contribution in [2.24, 2.45) is 0 Å². The van der Waals surface area contributed by atoms with Gasteiger partial charge in [0.1, 0.15) is 11.9 Å². The van der Waals surface area contributed by atoms with Crippen LogP contribution in [0.1, 0.15) is 18.4 Å². The average Bonchev–Trinajstić information content (AvgIpc) is 2.59. The van der Waals surface area contributed by atoms with Gasteiger partial charge in [-0.3, -0.25) is 4.79 Å². The van der Waals surface area contributed by atoms with Crippen molar-refractivity contribution in [1.82, 2.24) is 0 Å². The highest BCUT2D eigenvalue weighted by atomic mass is 35.5. The fraction of sp³-hybridized carbons (Fsp3) is 0.250. The molecule has 0 amide bonds. The van der Waals surface area contributed by atoms with Gasteiger partial charge in [0.15, 0.2) is 0 Å². The zero-order chi connectivity index (χ0) is 18.7. The zero-order valence-corrected chi connectivity index (χ0v) is 15.6. The molecule has 0 aliphatic carbocycles. The summed E-state index contributed by atoms with van der Waals surface area (Å²) in [6, 6.07) is 11.0. The summed E-state index contributed by atoms with van der Waals surface area (Å²) in [7, 11) is 1.61. The number of aliphatic hydroxyl groups excluding tert-OH is 1. The summed E-state index contributed by atoms with van der Waals surface area (Å²) in [5.74, 6) is 0.345. The van der Waals surface area contributed by atoms with Crippen LogP contribution in [-0.2, 0) is 9.53 Å². The Morgan fingerprint density at radius 1 is 1.23 bits per heavy atom. The third kappa shape index (κ3) is 4.39. The van der Waals surface area contributed by atoms with Crippen molar-refractivity contribution in [3.63, 3.8) is 0 Å². The highest BCUT2D eigenvalue weighted by Gasteiger charge is 2.25. The molecule has 1 aliphatic rings. The quantitative estimate of drug-likeness (QED) is 0.762. The molecule has 0 aromatic heterocycles. The Bertz CT molecular complexity index is 830. The number of carbonyl (C=O) groups excluding carboxylic acids is 1. The zero-order valence-electron chi connectivity index (χ0n) is 14.1. The van der Waals surface area contributed by atoms with E-state index in [1.165, 1.54) is 0 Å². The van der Waals surface area contributed by atoms with Crippen molar-refractivity contribution in [3.05, 3.63) is 58.1 Å². The largest absolute Gasteiger partial charge is 0.497 e. The molecule has 26 heavy (non-hydrogen) atoms. The summed E-state index contributed by atoms with van der Waals surface area (Å²) in [6.45, 7) is 0. The topological polar surface area (TPSA) is 55.8 Å². The van der Waals surface area contributed by atoms with Gasteiger partial charge < -0.3 is 14.6 Å². The maximum absolute atomic E-state index is 11.5. The van der Waals surface area contributed by atoms with Crippen molar-refractivity contribution >= 4 is 35.2 Å². The fourth-order valence-corrected chi connectivity index (χ4v) is 3.45. The van der Waals surface area contributed by atoms with Gasteiger partial charge in [-0.05, 0) is 41.5 Å². The molecule has 2 aromatic carbocycles. The molecule has 1 fully saturated rings. The summed E-state index contributed by atoms with van der Waals surface area (Å²) < 4.78 is 10.4.